The van der Waals surface area contributed by atoms with Gasteiger partial charge >= 0.3 is 0 Å². The number of carbonyl (C=O) groups is 1. The highest BCUT2D eigenvalue weighted by atomic mass is 32.2. The summed E-state index contributed by atoms with van der Waals surface area (Å²) in [6, 6.07) is 31.8. The van der Waals surface area contributed by atoms with E-state index in [0.29, 0.717) is 5.56 Å². The van der Waals surface area contributed by atoms with E-state index in [2.05, 4.69) is 23.2 Å². The molecule has 0 fully saturated rings. The molecular formula is C32H24N4OS. The Hall–Kier alpha value is -4.68. The third-order valence-electron chi connectivity index (χ3n) is 6.32. The summed E-state index contributed by atoms with van der Waals surface area (Å²) in [6.45, 7) is 1.97. The number of fused-ring (bicyclic) bond motifs is 1. The van der Waals surface area contributed by atoms with Crippen LogP contribution in [0.15, 0.2) is 132 Å². The van der Waals surface area contributed by atoms with E-state index in [0.717, 1.165) is 43.5 Å². The number of ketones is 1. The van der Waals surface area contributed by atoms with E-state index in [9.17, 15) is 4.79 Å². The van der Waals surface area contributed by atoms with Gasteiger partial charge in [-0.05, 0) is 79.7 Å². The molecule has 0 aliphatic heterocycles. The summed E-state index contributed by atoms with van der Waals surface area (Å²) < 4.78 is 3.95. The van der Waals surface area contributed by atoms with Gasteiger partial charge in [-0.15, -0.1) is 0 Å². The molecule has 0 N–H and O–H groups in total. The Balaban J connectivity index is 1.37. The molecule has 184 valence electrons. The Labute approximate surface area is 225 Å². The highest BCUT2D eigenvalue weighted by Crippen LogP contribution is 2.37. The van der Waals surface area contributed by atoms with E-state index in [1.807, 2.05) is 120 Å². The molecule has 3 aromatic heterocycles. The zero-order valence-electron chi connectivity index (χ0n) is 20.7. The summed E-state index contributed by atoms with van der Waals surface area (Å²) in [5, 5.41) is 6.87. The van der Waals surface area contributed by atoms with Crippen LogP contribution in [0, 0.1) is 6.92 Å². The Bertz CT molecular complexity index is 1750. The van der Waals surface area contributed by atoms with Gasteiger partial charge in [0.15, 0.2) is 5.78 Å². The molecule has 38 heavy (non-hydrogen) atoms. The Morgan fingerprint density at radius 1 is 0.816 bits per heavy atom. The van der Waals surface area contributed by atoms with Gasteiger partial charge in [0.25, 0.3) is 0 Å². The monoisotopic (exact) mass is 512 g/mol. The molecule has 0 aliphatic rings. The maximum atomic E-state index is 13.1. The number of aromatic nitrogens is 4. The van der Waals surface area contributed by atoms with Crippen molar-refractivity contribution in [3.8, 4) is 11.4 Å². The minimum absolute atomic E-state index is 0.0568. The molecule has 6 rings (SSSR count). The van der Waals surface area contributed by atoms with E-state index in [4.69, 9.17) is 5.10 Å². The number of rotatable bonds is 7. The summed E-state index contributed by atoms with van der Waals surface area (Å²) in [5.41, 5.74) is 5.29. The predicted molar refractivity (Wildman–Crippen MR) is 153 cm³/mol. The van der Waals surface area contributed by atoms with Crippen LogP contribution in [0.1, 0.15) is 21.6 Å². The van der Waals surface area contributed by atoms with Crippen LogP contribution in [-0.2, 0) is 0 Å². The molecule has 0 aliphatic carbocycles. The first-order chi connectivity index (χ1) is 18.7. The molecule has 0 bridgehead atoms. The van der Waals surface area contributed by atoms with Crippen LogP contribution in [0.5, 0.6) is 0 Å². The largest absolute Gasteiger partial charge is 0.324 e. The first-order valence-corrected chi connectivity index (χ1v) is 13.1. The summed E-state index contributed by atoms with van der Waals surface area (Å²) in [7, 11) is 0. The average molecular weight is 513 g/mol. The van der Waals surface area contributed by atoms with Crippen molar-refractivity contribution in [3.05, 3.63) is 139 Å². The second-order valence-corrected chi connectivity index (χ2v) is 9.85. The fourth-order valence-corrected chi connectivity index (χ4v) is 5.56. The molecule has 0 radical (unpaired) electrons. The summed E-state index contributed by atoms with van der Waals surface area (Å²) in [5.74, 6) is -0.0568. The fourth-order valence-electron chi connectivity index (χ4n) is 4.37. The molecule has 0 spiro atoms. The highest BCUT2D eigenvalue weighted by Gasteiger charge is 2.18. The number of benzene rings is 3. The lowest BCUT2D eigenvalue weighted by Gasteiger charge is -2.10. The van der Waals surface area contributed by atoms with E-state index >= 15 is 0 Å². The lowest BCUT2D eigenvalue weighted by molar-refractivity contribution is 0.104. The zero-order chi connectivity index (χ0) is 25.9. The van der Waals surface area contributed by atoms with Gasteiger partial charge in [0.1, 0.15) is 5.03 Å². The minimum atomic E-state index is -0.0568. The lowest BCUT2D eigenvalue weighted by atomic mass is 10.1. The number of allylic oxidation sites excluding steroid dienone is 1. The van der Waals surface area contributed by atoms with E-state index in [1.54, 1.807) is 17.8 Å². The van der Waals surface area contributed by atoms with Gasteiger partial charge in [-0.25, -0.2) is 4.68 Å². The number of para-hydroxylation sites is 2. The van der Waals surface area contributed by atoms with E-state index < -0.39 is 0 Å². The normalized spacial score (nSPS) is 11.4. The van der Waals surface area contributed by atoms with Gasteiger partial charge in [0.05, 0.1) is 16.9 Å². The van der Waals surface area contributed by atoms with Crippen LogP contribution in [-0.4, -0.2) is 25.1 Å². The van der Waals surface area contributed by atoms with Gasteiger partial charge in [-0.3, -0.25) is 9.78 Å². The molecule has 0 amide bonds. The molecule has 0 unspecified atom stereocenters. The predicted octanol–water partition coefficient (Wildman–Crippen LogP) is 7.57. The summed E-state index contributed by atoms with van der Waals surface area (Å²) in [4.78, 5) is 18.8. The van der Waals surface area contributed by atoms with Crippen LogP contribution in [0.2, 0.25) is 0 Å². The lowest BCUT2D eigenvalue weighted by Crippen LogP contribution is -1.98. The van der Waals surface area contributed by atoms with Gasteiger partial charge in [-0.1, -0.05) is 48.2 Å². The SMILES string of the molecule is Cc1nn(-c2ccccc2)c(Sc2cccc3cccnc23)c1/C=C/C(=O)c1ccc(-n2cccc2)cc1. The molecule has 0 atom stereocenters. The number of nitrogens with zero attached hydrogens (tertiary/aromatic N) is 4. The Kier molecular flexibility index (Phi) is 6.46. The first-order valence-electron chi connectivity index (χ1n) is 12.3. The van der Waals surface area contributed by atoms with Crippen molar-refractivity contribution in [2.24, 2.45) is 0 Å². The molecule has 0 saturated heterocycles. The van der Waals surface area contributed by atoms with Crippen LogP contribution < -0.4 is 0 Å². The molecule has 5 nitrogen and oxygen atoms in total. The highest BCUT2D eigenvalue weighted by molar-refractivity contribution is 7.99. The van der Waals surface area contributed by atoms with Crippen LogP contribution in [0.25, 0.3) is 28.4 Å². The van der Waals surface area contributed by atoms with Crippen molar-refractivity contribution in [1.82, 2.24) is 19.3 Å². The number of pyridine rings is 1. The molecule has 3 heterocycles. The van der Waals surface area contributed by atoms with Crippen LogP contribution in [0.4, 0.5) is 0 Å². The van der Waals surface area contributed by atoms with E-state index in [1.165, 1.54) is 0 Å². The molecule has 3 aromatic carbocycles. The maximum Gasteiger partial charge on any atom is 0.185 e. The number of carbonyl (C=O) groups excluding carboxylic acids is 1. The van der Waals surface area contributed by atoms with Crippen LogP contribution >= 0.6 is 11.8 Å². The fraction of sp³-hybridized carbons (Fsp3) is 0.0312. The number of hydrogen-bond donors (Lipinski definition) is 0. The van der Waals surface area contributed by atoms with Crippen molar-refractivity contribution < 1.29 is 4.79 Å². The Morgan fingerprint density at radius 3 is 2.37 bits per heavy atom. The minimum Gasteiger partial charge on any atom is -0.324 e. The van der Waals surface area contributed by atoms with Crippen LogP contribution in [0.3, 0.4) is 0 Å². The number of hydrogen-bond acceptors (Lipinski definition) is 4. The third-order valence-corrected chi connectivity index (χ3v) is 7.46. The average Bonchev–Trinajstić information content (AvgIpc) is 3.61. The topological polar surface area (TPSA) is 52.7 Å². The maximum absolute atomic E-state index is 13.1. The summed E-state index contributed by atoms with van der Waals surface area (Å²) >= 11 is 1.61. The third kappa shape index (κ3) is 4.69. The van der Waals surface area contributed by atoms with Gasteiger partial charge < -0.3 is 4.57 Å². The quantitative estimate of drug-likeness (QED) is 0.164. The summed E-state index contributed by atoms with van der Waals surface area (Å²) in [6.07, 6.45) is 9.29. The van der Waals surface area contributed by atoms with Gasteiger partial charge in [0, 0.05) is 45.7 Å². The van der Waals surface area contributed by atoms with Gasteiger partial charge in [0.2, 0.25) is 0 Å². The van der Waals surface area contributed by atoms with Crippen molar-refractivity contribution in [1.29, 1.82) is 0 Å². The zero-order valence-corrected chi connectivity index (χ0v) is 21.5. The Morgan fingerprint density at radius 2 is 1.58 bits per heavy atom. The molecular weight excluding hydrogens is 488 g/mol. The molecule has 6 heteroatoms. The second kappa shape index (κ2) is 10.4. The molecule has 0 saturated carbocycles. The number of aryl methyl sites for hydroxylation is 1. The van der Waals surface area contributed by atoms with Crippen molar-refractivity contribution in [3.63, 3.8) is 0 Å². The smallest absolute Gasteiger partial charge is 0.185 e. The van der Waals surface area contributed by atoms with Crippen molar-refractivity contribution >= 4 is 34.5 Å². The van der Waals surface area contributed by atoms with Crippen molar-refractivity contribution in [2.75, 3.05) is 0 Å². The molecule has 6 aromatic rings. The standard InChI is InChI=1S/C32H24N4OS/c1-23-28(18-19-29(37)24-14-16-26(17-15-24)35-21-5-6-22-35)32(36(34-23)27-11-3-2-4-12-27)38-30-13-7-9-25-10-8-20-33-31(25)30/h2-22H,1H3/b19-18+. The van der Waals surface area contributed by atoms with Crippen molar-refractivity contribution in [2.45, 2.75) is 16.8 Å². The first kappa shape index (κ1) is 23.7. The van der Waals surface area contributed by atoms with E-state index in [-0.39, 0.29) is 5.78 Å². The second-order valence-electron chi connectivity index (χ2n) is 8.82. The van der Waals surface area contributed by atoms with Gasteiger partial charge in [-0.2, -0.15) is 5.10 Å².